The van der Waals surface area contributed by atoms with Crippen molar-refractivity contribution < 1.29 is 15.0 Å². The maximum Gasteiger partial charge on any atom is 0.335 e. The molecule has 0 spiro atoms. The van der Waals surface area contributed by atoms with Gasteiger partial charge >= 0.3 is 5.97 Å². The smallest absolute Gasteiger partial charge is 0.335 e. The van der Waals surface area contributed by atoms with Gasteiger partial charge in [0.1, 0.15) is 0 Å². The van der Waals surface area contributed by atoms with Crippen molar-refractivity contribution in [3.05, 3.63) is 89.5 Å². The number of aliphatic hydroxyl groups excluding tert-OH is 1. The van der Waals surface area contributed by atoms with Gasteiger partial charge in [-0.05, 0) is 41.8 Å². The van der Waals surface area contributed by atoms with Gasteiger partial charge in [0, 0.05) is 17.8 Å². The van der Waals surface area contributed by atoms with E-state index in [1.807, 2.05) is 54.6 Å². The van der Waals surface area contributed by atoms with E-state index in [0.717, 1.165) is 29.7 Å². The molecule has 0 aliphatic rings. The summed E-state index contributed by atoms with van der Waals surface area (Å²) in [4.78, 5) is 11.0. The Kier molecular flexibility index (Phi) is 10.4. The molecule has 1 atom stereocenters. The van der Waals surface area contributed by atoms with E-state index in [1.165, 1.54) is 11.6 Å². The molecule has 3 aromatic carbocycles. The number of anilines is 1. The minimum absolute atomic E-state index is 0. The van der Waals surface area contributed by atoms with Crippen LogP contribution in [0.2, 0.25) is 0 Å². The fourth-order valence-corrected chi connectivity index (χ4v) is 3.07. The zero-order valence-corrected chi connectivity index (χ0v) is 18.0. The van der Waals surface area contributed by atoms with Gasteiger partial charge in [-0.15, -0.1) is 24.8 Å². The van der Waals surface area contributed by atoms with Crippen molar-refractivity contribution in [1.29, 1.82) is 0 Å². The highest BCUT2D eigenvalue weighted by Gasteiger charge is 2.08. The molecule has 5 nitrogen and oxygen atoms in total. The fraction of sp³-hybridized carbons (Fsp3) is 0.174. The standard InChI is InChI=1S/C23H24N2O3.2ClH/c24-21-14-19(23(27)28)10-11-20(21)17-8-6-16(7-9-17)12-13-25-15-22(26)18-4-2-1-3-5-18;;/h1-11,14,22,25-26H,12-13,15,24H2,(H,27,28);2*1H/t22-;;/m0../s1. The van der Waals surface area contributed by atoms with Crippen LogP contribution in [0.15, 0.2) is 72.8 Å². The molecule has 0 unspecified atom stereocenters. The summed E-state index contributed by atoms with van der Waals surface area (Å²) in [7, 11) is 0. The van der Waals surface area contributed by atoms with Gasteiger partial charge in [-0.3, -0.25) is 0 Å². The minimum Gasteiger partial charge on any atom is -0.478 e. The largest absolute Gasteiger partial charge is 0.478 e. The summed E-state index contributed by atoms with van der Waals surface area (Å²) in [5.74, 6) is -0.988. The lowest BCUT2D eigenvalue weighted by atomic mass is 10.00. The second-order valence-electron chi connectivity index (χ2n) is 6.68. The van der Waals surface area contributed by atoms with Gasteiger partial charge < -0.3 is 21.3 Å². The van der Waals surface area contributed by atoms with E-state index in [-0.39, 0.29) is 30.4 Å². The molecule has 160 valence electrons. The minimum atomic E-state index is -0.988. The SMILES string of the molecule is Cl.Cl.Nc1cc(C(=O)O)ccc1-c1ccc(CCNC[C@H](O)c2ccccc2)cc1. The van der Waals surface area contributed by atoms with E-state index in [1.54, 1.807) is 12.1 Å². The molecule has 3 rings (SSSR count). The van der Waals surface area contributed by atoms with E-state index >= 15 is 0 Å². The lowest BCUT2D eigenvalue weighted by Crippen LogP contribution is -2.23. The predicted molar refractivity (Wildman–Crippen MR) is 126 cm³/mol. The number of carboxylic acids is 1. The number of halogens is 2. The van der Waals surface area contributed by atoms with Gasteiger partial charge in [0.15, 0.2) is 0 Å². The van der Waals surface area contributed by atoms with Crippen LogP contribution in [0, 0.1) is 0 Å². The Labute approximate surface area is 188 Å². The second kappa shape index (κ2) is 12.2. The summed E-state index contributed by atoms with van der Waals surface area (Å²) in [5, 5.41) is 22.5. The Morgan fingerprint density at radius 3 is 2.23 bits per heavy atom. The Morgan fingerprint density at radius 1 is 0.967 bits per heavy atom. The van der Waals surface area contributed by atoms with E-state index in [2.05, 4.69) is 5.32 Å². The first-order chi connectivity index (χ1) is 13.5. The third-order valence-electron chi connectivity index (χ3n) is 4.68. The number of nitrogen functional groups attached to an aromatic ring is 1. The molecular weight excluding hydrogens is 423 g/mol. The third-order valence-corrected chi connectivity index (χ3v) is 4.68. The first kappa shape index (κ1) is 25.5. The zero-order chi connectivity index (χ0) is 19.9. The van der Waals surface area contributed by atoms with Crippen LogP contribution in [0.3, 0.4) is 0 Å². The van der Waals surface area contributed by atoms with Gasteiger partial charge in [-0.1, -0.05) is 60.7 Å². The van der Waals surface area contributed by atoms with Gasteiger partial charge in [0.25, 0.3) is 0 Å². The second-order valence-corrected chi connectivity index (χ2v) is 6.68. The molecule has 0 fully saturated rings. The van der Waals surface area contributed by atoms with Crippen LogP contribution in [0.4, 0.5) is 5.69 Å². The predicted octanol–water partition coefficient (Wildman–Crippen LogP) is 4.34. The van der Waals surface area contributed by atoms with Crippen LogP contribution in [0.1, 0.15) is 27.6 Å². The van der Waals surface area contributed by atoms with Gasteiger partial charge in [0.2, 0.25) is 0 Å². The van der Waals surface area contributed by atoms with Crippen LogP contribution >= 0.6 is 24.8 Å². The Hall–Kier alpha value is -2.57. The number of hydrogen-bond donors (Lipinski definition) is 4. The number of aliphatic hydroxyl groups is 1. The molecular formula is C23H26Cl2N2O3. The van der Waals surface area contributed by atoms with Crippen LogP contribution < -0.4 is 11.1 Å². The summed E-state index contributed by atoms with van der Waals surface area (Å²) in [5.41, 5.74) is 10.5. The number of nitrogens with two attached hydrogens (primary N) is 1. The first-order valence-corrected chi connectivity index (χ1v) is 9.20. The van der Waals surface area contributed by atoms with Crippen molar-refractivity contribution in [1.82, 2.24) is 5.32 Å². The van der Waals surface area contributed by atoms with Crippen molar-refractivity contribution in [2.24, 2.45) is 0 Å². The van der Waals surface area contributed by atoms with Crippen LogP contribution in [-0.4, -0.2) is 29.3 Å². The topological polar surface area (TPSA) is 95.6 Å². The quantitative estimate of drug-likeness (QED) is 0.303. The molecule has 30 heavy (non-hydrogen) atoms. The molecule has 0 amide bonds. The number of aromatic carboxylic acids is 1. The number of rotatable bonds is 8. The van der Waals surface area contributed by atoms with Crippen LogP contribution in [-0.2, 0) is 6.42 Å². The molecule has 0 bridgehead atoms. The first-order valence-electron chi connectivity index (χ1n) is 9.20. The van der Waals surface area contributed by atoms with Crippen molar-refractivity contribution in [3.8, 4) is 11.1 Å². The van der Waals surface area contributed by atoms with Crippen molar-refractivity contribution in [2.45, 2.75) is 12.5 Å². The summed E-state index contributed by atoms with van der Waals surface area (Å²) in [6.07, 6.45) is 0.329. The number of hydrogen-bond acceptors (Lipinski definition) is 4. The molecule has 3 aromatic rings. The highest BCUT2D eigenvalue weighted by Crippen LogP contribution is 2.27. The lowest BCUT2D eigenvalue weighted by Gasteiger charge is -2.12. The maximum atomic E-state index is 11.0. The summed E-state index contributed by atoms with van der Waals surface area (Å²) < 4.78 is 0. The van der Waals surface area contributed by atoms with Gasteiger partial charge in [-0.2, -0.15) is 0 Å². The molecule has 0 radical (unpaired) electrons. The molecule has 0 aromatic heterocycles. The average molecular weight is 449 g/mol. The normalized spacial score (nSPS) is 11.1. The zero-order valence-electron chi connectivity index (χ0n) is 16.3. The van der Waals surface area contributed by atoms with Crippen molar-refractivity contribution in [2.75, 3.05) is 18.8 Å². The Balaban J connectivity index is 0.00000225. The highest BCUT2D eigenvalue weighted by molar-refractivity contribution is 5.91. The number of nitrogens with one attached hydrogen (secondary N) is 1. The van der Waals surface area contributed by atoms with Crippen molar-refractivity contribution in [3.63, 3.8) is 0 Å². The molecule has 0 aliphatic heterocycles. The average Bonchev–Trinajstić information content (AvgIpc) is 2.72. The Bertz CT molecular complexity index is 935. The summed E-state index contributed by atoms with van der Waals surface area (Å²) >= 11 is 0. The molecule has 0 saturated heterocycles. The van der Waals surface area contributed by atoms with Crippen molar-refractivity contribution >= 4 is 36.5 Å². The van der Waals surface area contributed by atoms with Gasteiger partial charge in [-0.25, -0.2) is 4.79 Å². The third kappa shape index (κ3) is 6.75. The molecule has 0 aliphatic carbocycles. The summed E-state index contributed by atoms with van der Waals surface area (Å²) in [6.45, 7) is 1.27. The number of carboxylic acid groups (broad SMARTS) is 1. The van der Waals surface area contributed by atoms with Crippen LogP contribution in [0.25, 0.3) is 11.1 Å². The molecule has 7 heteroatoms. The maximum absolute atomic E-state index is 11.0. The van der Waals surface area contributed by atoms with E-state index < -0.39 is 12.1 Å². The number of benzene rings is 3. The van der Waals surface area contributed by atoms with E-state index in [9.17, 15) is 9.90 Å². The van der Waals surface area contributed by atoms with Crippen LogP contribution in [0.5, 0.6) is 0 Å². The van der Waals surface area contributed by atoms with Gasteiger partial charge in [0.05, 0.1) is 11.7 Å². The number of carbonyl (C=O) groups is 1. The fourth-order valence-electron chi connectivity index (χ4n) is 3.07. The monoisotopic (exact) mass is 448 g/mol. The van der Waals surface area contributed by atoms with E-state index in [4.69, 9.17) is 10.8 Å². The Morgan fingerprint density at radius 2 is 1.63 bits per heavy atom. The molecule has 5 N–H and O–H groups in total. The summed E-state index contributed by atoms with van der Waals surface area (Å²) in [6, 6.07) is 22.4. The lowest BCUT2D eigenvalue weighted by molar-refractivity contribution is 0.0697. The van der Waals surface area contributed by atoms with E-state index in [0.29, 0.717) is 12.2 Å². The molecule has 0 saturated carbocycles. The highest BCUT2D eigenvalue weighted by atomic mass is 35.5. The molecule has 0 heterocycles.